The van der Waals surface area contributed by atoms with Crippen molar-refractivity contribution in [2.45, 2.75) is 6.92 Å². The largest absolute Gasteiger partial charge is 0.260 e. The molecular weight excluding hydrogens is 352 g/mol. The molecule has 0 atom stereocenters. The number of hydrogen-bond donors (Lipinski definition) is 1. The van der Waals surface area contributed by atoms with E-state index >= 15 is 0 Å². The summed E-state index contributed by atoms with van der Waals surface area (Å²) in [5, 5.41) is 9.91. The van der Waals surface area contributed by atoms with Crippen LogP contribution in [0.25, 0.3) is 16.7 Å². The van der Waals surface area contributed by atoms with Crippen molar-refractivity contribution in [2.24, 2.45) is 5.10 Å². The summed E-state index contributed by atoms with van der Waals surface area (Å²) in [7, 11) is 0. The van der Waals surface area contributed by atoms with Crippen LogP contribution in [0.5, 0.6) is 0 Å². The monoisotopic (exact) mass is 364 g/mol. The SMILES string of the molecule is C/C(=N\Nc1ncnc2cc(Cl)ccc12)c1ccc(-n2cncn2)nc1. The van der Waals surface area contributed by atoms with Crippen molar-refractivity contribution in [3.05, 3.63) is 66.1 Å². The molecule has 3 aromatic heterocycles. The number of benzene rings is 1. The van der Waals surface area contributed by atoms with E-state index < -0.39 is 0 Å². The molecule has 0 amide bonds. The van der Waals surface area contributed by atoms with Gasteiger partial charge in [0.15, 0.2) is 11.6 Å². The molecule has 0 aliphatic rings. The first-order chi connectivity index (χ1) is 12.7. The summed E-state index contributed by atoms with van der Waals surface area (Å²) in [4.78, 5) is 16.7. The standard InChI is InChI=1S/C17H13ClN8/c1-11(12-2-5-16(20-7-12)26-10-19-8-23-26)24-25-17-14-4-3-13(18)6-15(14)21-9-22-17/h2-10H,1H3,(H,21,22,25)/b24-11+. The maximum atomic E-state index is 6.00. The minimum Gasteiger partial charge on any atom is -0.260 e. The van der Waals surface area contributed by atoms with Crippen LogP contribution in [-0.2, 0) is 0 Å². The maximum absolute atomic E-state index is 6.00. The third-order valence-corrected chi connectivity index (χ3v) is 3.98. The van der Waals surface area contributed by atoms with Crippen molar-refractivity contribution in [1.82, 2.24) is 29.7 Å². The Balaban J connectivity index is 1.57. The van der Waals surface area contributed by atoms with Gasteiger partial charge in [-0.05, 0) is 37.3 Å². The highest BCUT2D eigenvalue weighted by molar-refractivity contribution is 6.31. The molecule has 0 bridgehead atoms. The van der Waals surface area contributed by atoms with Crippen LogP contribution >= 0.6 is 11.6 Å². The van der Waals surface area contributed by atoms with Gasteiger partial charge in [-0.3, -0.25) is 5.43 Å². The lowest BCUT2D eigenvalue weighted by Gasteiger charge is -2.06. The normalized spacial score (nSPS) is 11.7. The average molecular weight is 365 g/mol. The Labute approximate surface area is 153 Å². The van der Waals surface area contributed by atoms with Gasteiger partial charge in [0.1, 0.15) is 19.0 Å². The number of anilines is 1. The van der Waals surface area contributed by atoms with E-state index in [1.54, 1.807) is 29.3 Å². The second-order valence-electron chi connectivity index (χ2n) is 5.44. The van der Waals surface area contributed by atoms with E-state index in [2.05, 4.69) is 35.6 Å². The second kappa shape index (κ2) is 6.85. The molecule has 0 saturated carbocycles. The van der Waals surface area contributed by atoms with Gasteiger partial charge in [0, 0.05) is 22.2 Å². The molecule has 1 aromatic carbocycles. The molecule has 4 aromatic rings. The third kappa shape index (κ3) is 3.22. The number of rotatable bonds is 4. The van der Waals surface area contributed by atoms with Gasteiger partial charge in [-0.15, -0.1) is 0 Å². The zero-order valence-electron chi connectivity index (χ0n) is 13.7. The van der Waals surface area contributed by atoms with E-state index in [1.807, 2.05) is 25.1 Å². The first-order valence-corrected chi connectivity index (χ1v) is 8.10. The third-order valence-electron chi connectivity index (χ3n) is 3.75. The van der Waals surface area contributed by atoms with Gasteiger partial charge < -0.3 is 0 Å². The van der Waals surface area contributed by atoms with Gasteiger partial charge in [0.05, 0.1) is 11.2 Å². The predicted octanol–water partition coefficient (Wildman–Crippen LogP) is 3.10. The smallest absolute Gasteiger partial charge is 0.157 e. The van der Waals surface area contributed by atoms with Crippen LogP contribution in [0.4, 0.5) is 5.82 Å². The highest BCUT2D eigenvalue weighted by Crippen LogP contribution is 2.22. The van der Waals surface area contributed by atoms with Crippen molar-refractivity contribution in [3.63, 3.8) is 0 Å². The molecule has 0 aliphatic heterocycles. The maximum Gasteiger partial charge on any atom is 0.157 e. The van der Waals surface area contributed by atoms with Gasteiger partial charge in [0.25, 0.3) is 0 Å². The predicted molar refractivity (Wildman–Crippen MR) is 99.5 cm³/mol. The van der Waals surface area contributed by atoms with Gasteiger partial charge in [-0.2, -0.15) is 10.2 Å². The lowest BCUT2D eigenvalue weighted by Crippen LogP contribution is -2.04. The first-order valence-electron chi connectivity index (χ1n) is 7.73. The molecule has 0 spiro atoms. The van der Waals surface area contributed by atoms with E-state index in [1.165, 1.54) is 12.7 Å². The number of nitrogens with one attached hydrogen (secondary N) is 1. The summed E-state index contributed by atoms with van der Waals surface area (Å²) < 4.78 is 1.59. The van der Waals surface area contributed by atoms with Crippen LogP contribution in [0.2, 0.25) is 5.02 Å². The van der Waals surface area contributed by atoms with Crippen molar-refractivity contribution < 1.29 is 0 Å². The van der Waals surface area contributed by atoms with Gasteiger partial charge in [0.2, 0.25) is 0 Å². The number of nitrogens with zero attached hydrogens (tertiary/aromatic N) is 7. The molecule has 8 nitrogen and oxygen atoms in total. The molecule has 128 valence electrons. The Morgan fingerprint density at radius 3 is 2.81 bits per heavy atom. The molecule has 26 heavy (non-hydrogen) atoms. The molecule has 0 fully saturated rings. The number of halogens is 1. The zero-order valence-corrected chi connectivity index (χ0v) is 14.5. The number of hydrazone groups is 1. The highest BCUT2D eigenvalue weighted by atomic mass is 35.5. The summed E-state index contributed by atoms with van der Waals surface area (Å²) in [6.07, 6.45) is 6.26. The molecule has 1 N–H and O–H groups in total. The highest BCUT2D eigenvalue weighted by Gasteiger charge is 2.05. The van der Waals surface area contributed by atoms with Crippen LogP contribution in [0.3, 0.4) is 0 Å². The lowest BCUT2D eigenvalue weighted by molar-refractivity contribution is 0.845. The number of aromatic nitrogens is 6. The second-order valence-corrected chi connectivity index (χ2v) is 5.87. The summed E-state index contributed by atoms with van der Waals surface area (Å²) in [5.74, 6) is 1.30. The fourth-order valence-electron chi connectivity index (χ4n) is 2.38. The topological polar surface area (TPSA) is 93.8 Å². The van der Waals surface area contributed by atoms with Crippen molar-refractivity contribution in [3.8, 4) is 5.82 Å². The summed E-state index contributed by atoms with van der Waals surface area (Å²) in [5.41, 5.74) is 5.38. The molecule has 4 rings (SSSR count). The minimum atomic E-state index is 0.609. The summed E-state index contributed by atoms with van der Waals surface area (Å²) in [6, 6.07) is 9.21. The molecule has 0 unspecified atom stereocenters. The molecule has 3 heterocycles. The van der Waals surface area contributed by atoms with Crippen LogP contribution in [0.1, 0.15) is 12.5 Å². The van der Waals surface area contributed by atoms with E-state index in [0.29, 0.717) is 16.7 Å². The molecule has 0 aliphatic carbocycles. The average Bonchev–Trinajstić information content (AvgIpc) is 3.20. The van der Waals surface area contributed by atoms with Crippen molar-refractivity contribution in [2.75, 3.05) is 5.43 Å². The van der Waals surface area contributed by atoms with Gasteiger partial charge in [-0.1, -0.05) is 11.6 Å². The van der Waals surface area contributed by atoms with Crippen LogP contribution in [0, 0.1) is 0 Å². The number of fused-ring (bicyclic) bond motifs is 1. The van der Waals surface area contributed by atoms with Crippen LogP contribution in [-0.4, -0.2) is 35.4 Å². The first kappa shape index (κ1) is 16.1. The Morgan fingerprint density at radius 2 is 2.04 bits per heavy atom. The molecular formula is C17H13ClN8. The number of pyridine rings is 1. The Bertz CT molecular complexity index is 1070. The van der Waals surface area contributed by atoms with E-state index in [-0.39, 0.29) is 0 Å². The Kier molecular flexibility index (Phi) is 4.24. The zero-order chi connectivity index (χ0) is 17.9. The van der Waals surface area contributed by atoms with Gasteiger partial charge >= 0.3 is 0 Å². The lowest BCUT2D eigenvalue weighted by atomic mass is 10.2. The fourth-order valence-corrected chi connectivity index (χ4v) is 2.55. The van der Waals surface area contributed by atoms with Crippen molar-refractivity contribution >= 4 is 34.0 Å². The van der Waals surface area contributed by atoms with Crippen LogP contribution in [0.15, 0.2) is 60.6 Å². The Hall–Kier alpha value is -3.39. The van der Waals surface area contributed by atoms with E-state index in [9.17, 15) is 0 Å². The van der Waals surface area contributed by atoms with Crippen LogP contribution < -0.4 is 5.43 Å². The summed E-state index contributed by atoms with van der Waals surface area (Å²) >= 11 is 6.00. The quantitative estimate of drug-likeness (QED) is 0.441. The van der Waals surface area contributed by atoms with Crippen molar-refractivity contribution in [1.29, 1.82) is 0 Å². The molecule has 9 heteroatoms. The Morgan fingerprint density at radius 1 is 1.12 bits per heavy atom. The molecule has 0 radical (unpaired) electrons. The molecule has 0 saturated heterocycles. The van der Waals surface area contributed by atoms with E-state index in [4.69, 9.17) is 11.6 Å². The van der Waals surface area contributed by atoms with E-state index in [0.717, 1.165) is 22.2 Å². The summed E-state index contributed by atoms with van der Waals surface area (Å²) in [6.45, 7) is 1.89. The fraction of sp³-hybridized carbons (Fsp3) is 0.0588. The minimum absolute atomic E-state index is 0.609. The van der Waals surface area contributed by atoms with Gasteiger partial charge in [-0.25, -0.2) is 24.6 Å². The number of hydrogen-bond acceptors (Lipinski definition) is 7.